The van der Waals surface area contributed by atoms with Gasteiger partial charge in [0.1, 0.15) is 17.7 Å². The molecule has 1 heterocycles. The van der Waals surface area contributed by atoms with Gasteiger partial charge in [-0.15, -0.1) is 0 Å². The molecule has 24 heavy (non-hydrogen) atoms. The van der Waals surface area contributed by atoms with Gasteiger partial charge < -0.3 is 9.72 Å². The first kappa shape index (κ1) is 15.7. The van der Waals surface area contributed by atoms with Crippen molar-refractivity contribution in [3.05, 3.63) is 106 Å². The Morgan fingerprint density at radius 2 is 1.67 bits per heavy atom. The number of nitrogens with zero attached hydrogens (tertiary/aromatic N) is 1. The first-order valence-corrected chi connectivity index (χ1v) is 7.62. The van der Waals surface area contributed by atoms with Gasteiger partial charge in [-0.25, -0.2) is 0 Å². The SMILES string of the molecule is N#Cc1c(C(OCc2ccccc2)c2ccccc2)cc[nH]c1=O. The number of aromatic amines is 1. The summed E-state index contributed by atoms with van der Waals surface area (Å²) < 4.78 is 6.09. The van der Waals surface area contributed by atoms with Crippen LogP contribution in [0.15, 0.2) is 77.7 Å². The molecule has 0 saturated carbocycles. The van der Waals surface area contributed by atoms with Crippen molar-refractivity contribution < 1.29 is 4.74 Å². The van der Waals surface area contributed by atoms with E-state index in [-0.39, 0.29) is 5.56 Å². The molecule has 0 bridgehead atoms. The molecule has 2 aromatic carbocycles. The third-order valence-corrected chi connectivity index (χ3v) is 3.75. The molecule has 1 N–H and O–H groups in total. The van der Waals surface area contributed by atoms with Crippen LogP contribution in [0.1, 0.15) is 28.4 Å². The summed E-state index contributed by atoms with van der Waals surface area (Å²) in [5, 5.41) is 9.35. The van der Waals surface area contributed by atoms with E-state index in [0.29, 0.717) is 12.2 Å². The van der Waals surface area contributed by atoms with Gasteiger partial charge in [-0.05, 0) is 17.2 Å². The van der Waals surface area contributed by atoms with Crippen molar-refractivity contribution in [3.8, 4) is 6.07 Å². The second-order valence-corrected chi connectivity index (χ2v) is 5.34. The average molecular weight is 316 g/mol. The predicted molar refractivity (Wildman–Crippen MR) is 91.3 cm³/mol. The van der Waals surface area contributed by atoms with Gasteiger partial charge in [-0.1, -0.05) is 60.7 Å². The highest BCUT2D eigenvalue weighted by Crippen LogP contribution is 2.28. The van der Waals surface area contributed by atoms with E-state index in [9.17, 15) is 10.1 Å². The molecule has 0 aliphatic rings. The third-order valence-electron chi connectivity index (χ3n) is 3.75. The molecule has 0 amide bonds. The molecule has 0 spiro atoms. The van der Waals surface area contributed by atoms with Crippen LogP contribution in [0.2, 0.25) is 0 Å². The molecule has 0 aliphatic carbocycles. The number of benzene rings is 2. The van der Waals surface area contributed by atoms with Crippen LogP contribution in [0, 0.1) is 11.3 Å². The fourth-order valence-corrected chi connectivity index (χ4v) is 2.57. The van der Waals surface area contributed by atoms with E-state index in [0.717, 1.165) is 11.1 Å². The van der Waals surface area contributed by atoms with E-state index in [1.165, 1.54) is 0 Å². The molecule has 3 aromatic rings. The second kappa shape index (κ2) is 7.40. The van der Waals surface area contributed by atoms with Crippen LogP contribution in [-0.4, -0.2) is 4.98 Å². The lowest BCUT2D eigenvalue weighted by molar-refractivity contribution is 0.0664. The molecule has 1 aromatic heterocycles. The van der Waals surface area contributed by atoms with Crippen LogP contribution in [0.3, 0.4) is 0 Å². The van der Waals surface area contributed by atoms with Crippen LogP contribution < -0.4 is 5.56 Å². The minimum atomic E-state index is -0.483. The average Bonchev–Trinajstić information content (AvgIpc) is 2.64. The van der Waals surface area contributed by atoms with Crippen molar-refractivity contribution in [2.24, 2.45) is 0 Å². The lowest BCUT2D eigenvalue weighted by Gasteiger charge is -2.19. The molecular formula is C20H16N2O2. The molecular weight excluding hydrogens is 300 g/mol. The highest BCUT2D eigenvalue weighted by molar-refractivity contribution is 5.41. The Morgan fingerprint density at radius 1 is 1.00 bits per heavy atom. The van der Waals surface area contributed by atoms with E-state index < -0.39 is 11.7 Å². The van der Waals surface area contributed by atoms with Crippen molar-refractivity contribution >= 4 is 0 Å². The van der Waals surface area contributed by atoms with Crippen molar-refractivity contribution in [1.82, 2.24) is 4.98 Å². The lowest BCUT2D eigenvalue weighted by atomic mass is 9.98. The number of hydrogen-bond acceptors (Lipinski definition) is 3. The van der Waals surface area contributed by atoms with Gasteiger partial charge in [0, 0.05) is 11.8 Å². The third kappa shape index (κ3) is 3.43. The molecule has 3 rings (SSSR count). The van der Waals surface area contributed by atoms with E-state index in [1.807, 2.05) is 66.7 Å². The quantitative estimate of drug-likeness (QED) is 0.783. The summed E-state index contributed by atoms with van der Waals surface area (Å²) in [4.78, 5) is 14.5. The van der Waals surface area contributed by atoms with Crippen LogP contribution in [-0.2, 0) is 11.3 Å². The maximum absolute atomic E-state index is 11.9. The molecule has 4 nitrogen and oxygen atoms in total. The molecule has 0 radical (unpaired) electrons. The van der Waals surface area contributed by atoms with E-state index in [4.69, 9.17) is 4.74 Å². The van der Waals surface area contributed by atoms with E-state index in [1.54, 1.807) is 12.3 Å². The summed E-state index contributed by atoms with van der Waals surface area (Å²) in [6.07, 6.45) is 1.06. The molecule has 0 fully saturated rings. The Balaban J connectivity index is 1.99. The van der Waals surface area contributed by atoms with Crippen LogP contribution in [0.25, 0.3) is 0 Å². The first-order chi connectivity index (χ1) is 11.8. The number of aromatic nitrogens is 1. The zero-order valence-corrected chi connectivity index (χ0v) is 13.0. The summed E-state index contributed by atoms with van der Waals surface area (Å²) in [6, 6.07) is 23.1. The van der Waals surface area contributed by atoms with E-state index in [2.05, 4.69) is 4.98 Å². The summed E-state index contributed by atoms with van der Waals surface area (Å²) in [7, 11) is 0. The zero-order chi connectivity index (χ0) is 16.8. The number of pyridine rings is 1. The maximum atomic E-state index is 11.9. The topological polar surface area (TPSA) is 65.9 Å². The van der Waals surface area contributed by atoms with Crippen LogP contribution in [0.4, 0.5) is 0 Å². The summed E-state index contributed by atoms with van der Waals surface area (Å²) in [6.45, 7) is 0.387. The Morgan fingerprint density at radius 3 is 2.33 bits per heavy atom. The van der Waals surface area contributed by atoms with Gasteiger partial charge in [-0.2, -0.15) is 5.26 Å². The fraction of sp³-hybridized carbons (Fsp3) is 0.100. The van der Waals surface area contributed by atoms with Crippen molar-refractivity contribution in [1.29, 1.82) is 5.26 Å². The molecule has 0 aliphatic heterocycles. The van der Waals surface area contributed by atoms with Gasteiger partial charge in [0.15, 0.2) is 0 Å². The standard InChI is InChI=1S/C20H16N2O2/c21-13-18-17(11-12-22-20(18)23)19(16-9-5-2-6-10-16)24-14-15-7-3-1-4-8-15/h1-12,19H,14H2,(H,22,23). The van der Waals surface area contributed by atoms with Gasteiger partial charge in [-0.3, -0.25) is 4.79 Å². The summed E-state index contributed by atoms with van der Waals surface area (Å²) in [5.74, 6) is 0. The summed E-state index contributed by atoms with van der Waals surface area (Å²) >= 11 is 0. The lowest BCUT2D eigenvalue weighted by Crippen LogP contribution is -2.17. The maximum Gasteiger partial charge on any atom is 0.266 e. The molecule has 118 valence electrons. The second-order valence-electron chi connectivity index (χ2n) is 5.34. The molecule has 1 unspecified atom stereocenters. The fourth-order valence-electron chi connectivity index (χ4n) is 2.57. The number of H-pyrrole nitrogens is 1. The van der Waals surface area contributed by atoms with Gasteiger partial charge in [0.05, 0.1) is 6.61 Å². The Kier molecular flexibility index (Phi) is 4.85. The Hall–Kier alpha value is -3.16. The molecule has 1 atom stereocenters. The van der Waals surface area contributed by atoms with Crippen molar-refractivity contribution in [2.75, 3.05) is 0 Å². The first-order valence-electron chi connectivity index (χ1n) is 7.62. The largest absolute Gasteiger partial charge is 0.364 e. The van der Waals surface area contributed by atoms with Crippen LogP contribution in [0.5, 0.6) is 0 Å². The van der Waals surface area contributed by atoms with Crippen molar-refractivity contribution in [2.45, 2.75) is 12.7 Å². The Bertz CT molecular complexity index is 896. The minimum Gasteiger partial charge on any atom is -0.364 e. The number of hydrogen-bond donors (Lipinski definition) is 1. The molecule has 0 saturated heterocycles. The van der Waals surface area contributed by atoms with Gasteiger partial charge >= 0.3 is 0 Å². The Labute approximate surface area is 140 Å². The van der Waals surface area contributed by atoms with Gasteiger partial charge in [0.2, 0.25) is 0 Å². The molecule has 4 heteroatoms. The number of rotatable bonds is 5. The minimum absolute atomic E-state index is 0.0828. The highest BCUT2D eigenvalue weighted by atomic mass is 16.5. The zero-order valence-electron chi connectivity index (χ0n) is 13.0. The normalized spacial score (nSPS) is 11.6. The summed E-state index contributed by atoms with van der Waals surface area (Å²) in [5.41, 5.74) is 2.18. The predicted octanol–water partition coefficient (Wildman–Crippen LogP) is 3.55. The monoisotopic (exact) mass is 316 g/mol. The van der Waals surface area contributed by atoms with E-state index >= 15 is 0 Å². The number of nitrogens with one attached hydrogen (secondary N) is 1. The highest BCUT2D eigenvalue weighted by Gasteiger charge is 2.20. The number of nitriles is 1. The van der Waals surface area contributed by atoms with Gasteiger partial charge in [0.25, 0.3) is 5.56 Å². The number of ether oxygens (including phenoxy) is 1. The van der Waals surface area contributed by atoms with Crippen molar-refractivity contribution in [3.63, 3.8) is 0 Å². The smallest absolute Gasteiger partial charge is 0.266 e. The van der Waals surface area contributed by atoms with Crippen LogP contribution >= 0.6 is 0 Å².